The summed E-state index contributed by atoms with van der Waals surface area (Å²) in [4.78, 5) is 16.1. The Morgan fingerprint density at radius 3 is 2.95 bits per heavy atom. The van der Waals surface area contributed by atoms with Gasteiger partial charge in [0.25, 0.3) is 0 Å². The molecule has 1 atom stereocenters. The number of rotatable bonds is 4. The highest BCUT2D eigenvalue weighted by atomic mass is 32.1. The predicted octanol–water partition coefficient (Wildman–Crippen LogP) is 2.87. The van der Waals surface area contributed by atoms with E-state index in [4.69, 9.17) is 0 Å². The van der Waals surface area contributed by atoms with Crippen molar-refractivity contribution in [2.24, 2.45) is 7.05 Å². The van der Waals surface area contributed by atoms with Crippen LogP contribution in [0.25, 0.3) is 0 Å². The lowest BCUT2D eigenvalue weighted by molar-refractivity contribution is -0.117. The van der Waals surface area contributed by atoms with Crippen molar-refractivity contribution in [3.8, 4) is 0 Å². The molecule has 6 heteroatoms. The van der Waals surface area contributed by atoms with E-state index in [0.717, 1.165) is 36.5 Å². The number of likely N-dealkylation sites (tertiary alicyclic amines) is 1. The summed E-state index contributed by atoms with van der Waals surface area (Å²) in [5, 5.41) is 9.48. The van der Waals surface area contributed by atoms with Crippen LogP contribution in [-0.4, -0.2) is 33.7 Å². The molecule has 1 amide bonds. The molecule has 1 aliphatic heterocycles. The Bertz CT molecular complexity index is 662. The first kappa shape index (κ1) is 15.2. The molecule has 2 aromatic rings. The second-order valence-electron chi connectivity index (χ2n) is 5.86. The van der Waals surface area contributed by atoms with E-state index in [1.807, 2.05) is 20.9 Å². The fraction of sp³-hybridized carbons (Fsp3) is 0.500. The fourth-order valence-corrected chi connectivity index (χ4v) is 4.03. The molecule has 0 aliphatic carbocycles. The Morgan fingerprint density at radius 2 is 2.32 bits per heavy atom. The van der Waals surface area contributed by atoms with Gasteiger partial charge >= 0.3 is 0 Å². The first-order chi connectivity index (χ1) is 10.6. The van der Waals surface area contributed by atoms with Crippen molar-refractivity contribution in [3.63, 3.8) is 0 Å². The van der Waals surface area contributed by atoms with Crippen LogP contribution in [0.3, 0.4) is 0 Å². The summed E-state index contributed by atoms with van der Waals surface area (Å²) < 4.78 is 1.80. The van der Waals surface area contributed by atoms with Crippen LogP contribution in [0.4, 0.5) is 5.69 Å². The quantitative estimate of drug-likeness (QED) is 0.943. The van der Waals surface area contributed by atoms with Crippen LogP contribution in [-0.2, 0) is 11.8 Å². The summed E-state index contributed by atoms with van der Waals surface area (Å²) in [6.07, 6.45) is 2.29. The fourth-order valence-electron chi connectivity index (χ4n) is 3.14. The van der Waals surface area contributed by atoms with Gasteiger partial charge in [-0.15, -0.1) is 11.3 Å². The number of anilines is 1. The monoisotopic (exact) mass is 318 g/mol. The largest absolute Gasteiger partial charge is 0.322 e. The van der Waals surface area contributed by atoms with Crippen molar-refractivity contribution in [1.82, 2.24) is 14.7 Å². The van der Waals surface area contributed by atoms with Crippen LogP contribution < -0.4 is 5.32 Å². The zero-order valence-electron chi connectivity index (χ0n) is 13.3. The second kappa shape index (κ2) is 6.22. The lowest BCUT2D eigenvalue weighted by Crippen LogP contribution is -2.32. The number of amides is 1. The molecular weight excluding hydrogens is 296 g/mol. The van der Waals surface area contributed by atoms with Crippen molar-refractivity contribution in [2.75, 3.05) is 18.4 Å². The highest BCUT2D eigenvalue weighted by molar-refractivity contribution is 7.10. The number of carbonyl (C=O) groups is 1. The SMILES string of the molecule is Cc1nn(C)c(C)c1NC(=O)CN1CCC[C@@H]1c1cccs1. The van der Waals surface area contributed by atoms with Gasteiger partial charge in [-0.3, -0.25) is 14.4 Å². The summed E-state index contributed by atoms with van der Waals surface area (Å²) in [5.41, 5.74) is 2.70. The number of nitrogens with one attached hydrogen (secondary N) is 1. The number of hydrogen-bond donors (Lipinski definition) is 1. The van der Waals surface area contributed by atoms with E-state index >= 15 is 0 Å². The number of nitrogens with zero attached hydrogens (tertiary/aromatic N) is 3. The molecule has 1 N–H and O–H groups in total. The van der Waals surface area contributed by atoms with Crippen LogP contribution in [0.5, 0.6) is 0 Å². The maximum Gasteiger partial charge on any atom is 0.238 e. The lowest BCUT2D eigenvalue weighted by Gasteiger charge is -2.22. The zero-order chi connectivity index (χ0) is 15.7. The smallest absolute Gasteiger partial charge is 0.238 e. The zero-order valence-corrected chi connectivity index (χ0v) is 14.1. The molecule has 118 valence electrons. The minimum atomic E-state index is 0.0441. The number of aryl methyl sites for hydroxylation is 2. The summed E-state index contributed by atoms with van der Waals surface area (Å²) in [7, 11) is 1.89. The number of carbonyl (C=O) groups excluding carboxylic acids is 1. The molecule has 0 unspecified atom stereocenters. The third-order valence-electron chi connectivity index (χ3n) is 4.36. The second-order valence-corrected chi connectivity index (χ2v) is 6.84. The highest BCUT2D eigenvalue weighted by Crippen LogP contribution is 2.34. The van der Waals surface area contributed by atoms with Gasteiger partial charge < -0.3 is 5.32 Å². The maximum atomic E-state index is 12.4. The van der Waals surface area contributed by atoms with Gasteiger partial charge in [0, 0.05) is 18.0 Å². The number of thiophene rings is 1. The molecule has 2 aromatic heterocycles. The van der Waals surface area contributed by atoms with E-state index in [-0.39, 0.29) is 5.91 Å². The Morgan fingerprint density at radius 1 is 1.50 bits per heavy atom. The standard InChI is InChI=1S/C16H22N4OS/c1-11-16(12(2)19(3)18-11)17-15(21)10-20-8-4-6-13(20)14-7-5-9-22-14/h5,7,9,13H,4,6,8,10H2,1-3H3,(H,17,21)/t13-/m1/s1. The van der Waals surface area contributed by atoms with Crippen LogP contribution >= 0.6 is 11.3 Å². The summed E-state index contributed by atoms with van der Waals surface area (Å²) in [6, 6.07) is 4.64. The molecule has 0 aromatic carbocycles. The van der Waals surface area contributed by atoms with Gasteiger partial charge in [0.05, 0.1) is 23.6 Å². The van der Waals surface area contributed by atoms with Gasteiger partial charge in [0.2, 0.25) is 5.91 Å². The van der Waals surface area contributed by atoms with E-state index in [9.17, 15) is 4.79 Å². The normalized spacial score (nSPS) is 18.8. The summed E-state index contributed by atoms with van der Waals surface area (Å²) in [5.74, 6) is 0.0441. The Hall–Kier alpha value is -1.66. The van der Waals surface area contributed by atoms with Gasteiger partial charge in [-0.25, -0.2) is 0 Å². The van der Waals surface area contributed by atoms with Crippen molar-refractivity contribution in [3.05, 3.63) is 33.8 Å². The Kier molecular flexibility index (Phi) is 4.31. The van der Waals surface area contributed by atoms with Crippen molar-refractivity contribution in [2.45, 2.75) is 32.7 Å². The van der Waals surface area contributed by atoms with Gasteiger partial charge in [-0.05, 0) is 44.7 Å². The number of aromatic nitrogens is 2. The number of hydrogen-bond acceptors (Lipinski definition) is 4. The molecule has 0 bridgehead atoms. The Balaban J connectivity index is 1.66. The molecule has 1 aliphatic rings. The van der Waals surface area contributed by atoms with Gasteiger partial charge in [-0.2, -0.15) is 5.10 Å². The van der Waals surface area contributed by atoms with E-state index in [0.29, 0.717) is 12.6 Å². The van der Waals surface area contributed by atoms with Crippen LogP contribution in [0.15, 0.2) is 17.5 Å². The molecular formula is C16H22N4OS. The average Bonchev–Trinajstić information content (AvgIpc) is 3.17. The van der Waals surface area contributed by atoms with Crippen molar-refractivity contribution < 1.29 is 4.79 Å². The third-order valence-corrected chi connectivity index (χ3v) is 5.33. The average molecular weight is 318 g/mol. The van der Waals surface area contributed by atoms with Crippen molar-refractivity contribution >= 4 is 22.9 Å². The van der Waals surface area contributed by atoms with Gasteiger partial charge in [0.1, 0.15) is 0 Å². The maximum absolute atomic E-state index is 12.4. The van der Waals surface area contributed by atoms with E-state index in [1.165, 1.54) is 4.88 Å². The first-order valence-electron chi connectivity index (χ1n) is 7.63. The minimum Gasteiger partial charge on any atom is -0.322 e. The summed E-state index contributed by atoms with van der Waals surface area (Å²) >= 11 is 1.78. The van der Waals surface area contributed by atoms with Gasteiger partial charge in [-0.1, -0.05) is 6.07 Å². The molecule has 0 saturated carbocycles. The molecule has 3 rings (SSSR count). The molecule has 1 fully saturated rings. The molecule has 3 heterocycles. The molecule has 0 spiro atoms. The topological polar surface area (TPSA) is 50.2 Å². The van der Waals surface area contributed by atoms with E-state index < -0.39 is 0 Å². The minimum absolute atomic E-state index is 0.0441. The van der Waals surface area contributed by atoms with Crippen LogP contribution in [0, 0.1) is 13.8 Å². The van der Waals surface area contributed by atoms with Gasteiger partial charge in [0.15, 0.2) is 0 Å². The third kappa shape index (κ3) is 2.94. The van der Waals surface area contributed by atoms with Crippen molar-refractivity contribution in [1.29, 1.82) is 0 Å². The molecule has 0 radical (unpaired) electrons. The van der Waals surface area contributed by atoms with Crippen LogP contribution in [0.2, 0.25) is 0 Å². The van der Waals surface area contributed by atoms with Crippen LogP contribution in [0.1, 0.15) is 35.1 Å². The Labute approximate surface area is 134 Å². The molecule has 22 heavy (non-hydrogen) atoms. The molecule has 5 nitrogen and oxygen atoms in total. The van der Waals surface area contributed by atoms with E-state index in [2.05, 4.69) is 32.8 Å². The van der Waals surface area contributed by atoms with E-state index in [1.54, 1.807) is 16.0 Å². The predicted molar refractivity (Wildman–Crippen MR) is 89.2 cm³/mol. The lowest BCUT2D eigenvalue weighted by atomic mass is 10.2. The molecule has 1 saturated heterocycles. The summed E-state index contributed by atoms with van der Waals surface area (Å²) in [6.45, 7) is 5.32. The first-order valence-corrected chi connectivity index (χ1v) is 8.51. The highest BCUT2D eigenvalue weighted by Gasteiger charge is 2.28.